The largest absolute Gasteiger partial charge is 0.507 e. The minimum Gasteiger partial charge on any atom is -0.507 e. The normalized spacial score (nSPS) is 11.8. The topological polar surface area (TPSA) is 80.2 Å². The van der Waals surface area contributed by atoms with Gasteiger partial charge in [0.15, 0.2) is 6.10 Å². The third kappa shape index (κ3) is 6.14. The van der Waals surface area contributed by atoms with Crippen LogP contribution in [0.4, 0.5) is 0 Å². The molecule has 0 saturated carbocycles. The smallest absolute Gasteiger partial charge is 0.280 e. The molecule has 3 aromatic rings. The van der Waals surface area contributed by atoms with Crippen LogP contribution < -0.4 is 14.9 Å². The second-order valence-corrected chi connectivity index (χ2v) is 7.10. The highest BCUT2D eigenvalue weighted by Gasteiger charge is 2.14. The monoisotopic (exact) mass is 444 g/mol. The van der Waals surface area contributed by atoms with Crippen molar-refractivity contribution in [1.29, 1.82) is 0 Å². The van der Waals surface area contributed by atoms with Gasteiger partial charge in [0.25, 0.3) is 5.91 Å². The fourth-order valence-electron chi connectivity index (χ4n) is 2.37. The van der Waals surface area contributed by atoms with E-state index in [1.807, 2.05) is 0 Å². The Bertz CT molecular complexity index is 1040. The first-order chi connectivity index (χ1) is 14.4. The lowest BCUT2D eigenvalue weighted by Crippen LogP contribution is -2.33. The molecule has 0 radical (unpaired) electrons. The molecule has 2 N–H and O–H groups in total. The van der Waals surface area contributed by atoms with Gasteiger partial charge in [0, 0.05) is 15.6 Å². The number of aromatic hydroxyl groups is 1. The van der Waals surface area contributed by atoms with Crippen molar-refractivity contribution in [1.82, 2.24) is 5.43 Å². The van der Waals surface area contributed by atoms with Gasteiger partial charge < -0.3 is 14.6 Å². The number of halogens is 2. The number of amides is 1. The zero-order valence-electron chi connectivity index (χ0n) is 15.9. The second-order valence-electron chi connectivity index (χ2n) is 6.22. The summed E-state index contributed by atoms with van der Waals surface area (Å²) in [6.45, 7) is 1.60. The standard InChI is InChI=1S/C22H18Cl2N2O4/c1-14(22(28)26-25-13-15-12-17(24)4-11-21(15)27)29-18-7-9-20(10-8-18)30-19-5-2-16(23)3-6-19/h2-14,27H,1H3,(H,26,28)/b25-13-/t14-/m0/s1. The van der Waals surface area contributed by atoms with Gasteiger partial charge in [-0.25, -0.2) is 5.43 Å². The summed E-state index contributed by atoms with van der Waals surface area (Å²) < 4.78 is 11.3. The Morgan fingerprint density at radius 1 is 0.967 bits per heavy atom. The van der Waals surface area contributed by atoms with Crippen molar-refractivity contribution in [3.05, 3.63) is 82.3 Å². The van der Waals surface area contributed by atoms with Gasteiger partial charge in [-0.2, -0.15) is 5.10 Å². The van der Waals surface area contributed by atoms with E-state index in [0.717, 1.165) is 0 Å². The van der Waals surface area contributed by atoms with Gasteiger partial charge in [0.2, 0.25) is 0 Å². The van der Waals surface area contributed by atoms with Crippen LogP contribution in [0.2, 0.25) is 10.0 Å². The zero-order chi connectivity index (χ0) is 21.5. The average Bonchev–Trinajstić information content (AvgIpc) is 2.73. The Labute approximate surface area is 183 Å². The van der Waals surface area contributed by atoms with Crippen molar-refractivity contribution < 1.29 is 19.4 Å². The average molecular weight is 445 g/mol. The van der Waals surface area contributed by atoms with Crippen LogP contribution in [0, 0.1) is 0 Å². The van der Waals surface area contributed by atoms with E-state index in [1.54, 1.807) is 61.5 Å². The molecule has 3 rings (SSSR count). The van der Waals surface area contributed by atoms with E-state index >= 15 is 0 Å². The van der Waals surface area contributed by atoms with Crippen LogP contribution in [0.5, 0.6) is 23.0 Å². The van der Waals surface area contributed by atoms with Gasteiger partial charge in [-0.1, -0.05) is 23.2 Å². The molecule has 1 amide bonds. The fraction of sp³-hybridized carbons (Fsp3) is 0.0909. The van der Waals surface area contributed by atoms with Crippen LogP contribution >= 0.6 is 23.2 Å². The molecule has 30 heavy (non-hydrogen) atoms. The summed E-state index contributed by atoms with van der Waals surface area (Å²) >= 11 is 11.7. The SMILES string of the molecule is C[C@H](Oc1ccc(Oc2ccc(Cl)cc2)cc1)C(=O)N/N=C\c1cc(Cl)ccc1O. The van der Waals surface area contributed by atoms with Crippen molar-refractivity contribution >= 4 is 35.3 Å². The van der Waals surface area contributed by atoms with Crippen LogP contribution in [0.3, 0.4) is 0 Å². The molecule has 0 saturated heterocycles. The van der Waals surface area contributed by atoms with Gasteiger partial charge in [-0.3, -0.25) is 4.79 Å². The third-order valence-electron chi connectivity index (χ3n) is 3.92. The number of hydrazone groups is 1. The van der Waals surface area contributed by atoms with Gasteiger partial charge in [-0.05, 0) is 73.7 Å². The molecule has 0 bridgehead atoms. The van der Waals surface area contributed by atoms with E-state index in [9.17, 15) is 9.90 Å². The number of rotatable bonds is 7. The van der Waals surface area contributed by atoms with Crippen LogP contribution in [-0.2, 0) is 4.79 Å². The molecule has 0 heterocycles. The number of phenols is 1. The number of benzene rings is 3. The molecule has 0 aliphatic rings. The van der Waals surface area contributed by atoms with Gasteiger partial charge in [0.1, 0.15) is 23.0 Å². The van der Waals surface area contributed by atoms with Crippen LogP contribution in [-0.4, -0.2) is 23.3 Å². The van der Waals surface area contributed by atoms with Crippen molar-refractivity contribution in [3.8, 4) is 23.0 Å². The molecule has 6 nitrogen and oxygen atoms in total. The highest BCUT2D eigenvalue weighted by molar-refractivity contribution is 6.31. The summed E-state index contributed by atoms with van der Waals surface area (Å²) in [6, 6.07) is 18.4. The Morgan fingerprint density at radius 2 is 1.53 bits per heavy atom. The van der Waals surface area contributed by atoms with Crippen molar-refractivity contribution in [2.45, 2.75) is 13.0 Å². The lowest BCUT2D eigenvalue weighted by atomic mass is 10.2. The Hall–Kier alpha value is -3.22. The van der Waals surface area contributed by atoms with E-state index in [4.69, 9.17) is 32.7 Å². The number of hydrogen-bond acceptors (Lipinski definition) is 5. The lowest BCUT2D eigenvalue weighted by molar-refractivity contribution is -0.127. The molecule has 3 aromatic carbocycles. The van der Waals surface area contributed by atoms with Gasteiger partial charge >= 0.3 is 0 Å². The summed E-state index contributed by atoms with van der Waals surface area (Å²) in [5.41, 5.74) is 2.74. The molecule has 154 valence electrons. The van der Waals surface area contributed by atoms with Crippen molar-refractivity contribution in [2.24, 2.45) is 5.10 Å². The van der Waals surface area contributed by atoms with Crippen molar-refractivity contribution in [2.75, 3.05) is 0 Å². The molecular formula is C22H18Cl2N2O4. The number of hydrogen-bond donors (Lipinski definition) is 2. The molecule has 1 atom stereocenters. The number of carbonyl (C=O) groups is 1. The highest BCUT2D eigenvalue weighted by atomic mass is 35.5. The third-order valence-corrected chi connectivity index (χ3v) is 4.41. The maximum Gasteiger partial charge on any atom is 0.280 e. The first kappa shape index (κ1) is 21.5. The highest BCUT2D eigenvalue weighted by Crippen LogP contribution is 2.25. The second kappa shape index (κ2) is 10.0. The quantitative estimate of drug-likeness (QED) is 0.377. The molecule has 0 aliphatic heterocycles. The zero-order valence-corrected chi connectivity index (χ0v) is 17.4. The first-order valence-corrected chi connectivity index (χ1v) is 9.68. The molecule has 0 unspecified atom stereocenters. The van der Waals surface area contributed by atoms with Crippen LogP contribution in [0.15, 0.2) is 71.8 Å². The summed E-state index contributed by atoms with van der Waals surface area (Å²) in [5, 5.41) is 14.6. The van der Waals surface area contributed by atoms with E-state index < -0.39 is 12.0 Å². The Kier molecular flexibility index (Phi) is 7.17. The van der Waals surface area contributed by atoms with E-state index in [1.165, 1.54) is 18.3 Å². The molecule has 0 aromatic heterocycles. The molecular weight excluding hydrogens is 427 g/mol. The lowest BCUT2D eigenvalue weighted by Gasteiger charge is -2.13. The summed E-state index contributed by atoms with van der Waals surface area (Å²) in [4.78, 5) is 12.2. The predicted octanol–water partition coefficient (Wildman–Crippen LogP) is 5.41. The van der Waals surface area contributed by atoms with E-state index in [2.05, 4.69) is 10.5 Å². The van der Waals surface area contributed by atoms with Gasteiger partial charge in [-0.15, -0.1) is 0 Å². The Morgan fingerprint density at radius 3 is 2.20 bits per heavy atom. The number of nitrogens with zero attached hydrogens (tertiary/aromatic N) is 1. The number of ether oxygens (including phenoxy) is 2. The number of carbonyl (C=O) groups excluding carboxylic acids is 1. The van der Waals surface area contributed by atoms with Crippen molar-refractivity contribution in [3.63, 3.8) is 0 Å². The summed E-state index contributed by atoms with van der Waals surface area (Å²) in [7, 11) is 0. The van der Waals surface area contributed by atoms with Crippen LogP contribution in [0.1, 0.15) is 12.5 Å². The maximum absolute atomic E-state index is 12.2. The van der Waals surface area contributed by atoms with Crippen LogP contribution in [0.25, 0.3) is 0 Å². The summed E-state index contributed by atoms with van der Waals surface area (Å²) in [6.07, 6.45) is 0.507. The molecule has 0 spiro atoms. The minimum atomic E-state index is -0.793. The van der Waals surface area contributed by atoms with Gasteiger partial charge in [0.05, 0.1) is 6.21 Å². The minimum absolute atomic E-state index is 0.00241. The predicted molar refractivity (Wildman–Crippen MR) is 117 cm³/mol. The van der Waals surface area contributed by atoms with E-state index in [0.29, 0.717) is 32.9 Å². The first-order valence-electron chi connectivity index (χ1n) is 8.92. The number of nitrogens with one attached hydrogen (secondary N) is 1. The number of phenolic OH excluding ortho intramolecular Hbond substituents is 1. The van der Waals surface area contributed by atoms with E-state index in [-0.39, 0.29) is 5.75 Å². The molecule has 8 heteroatoms. The Balaban J connectivity index is 1.52. The molecule has 0 aliphatic carbocycles. The molecule has 0 fully saturated rings. The fourth-order valence-corrected chi connectivity index (χ4v) is 2.67. The maximum atomic E-state index is 12.2. The summed E-state index contributed by atoms with van der Waals surface area (Å²) in [5.74, 6) is 1.33.